The van der Waals surface area contributed by atoms with Crippen molar-refractivity contribution in [1.82, 2.24) is 14.8 Å². The molecular weight excluding hydrogens is 360 g/mol. The van der Waals surface area contributed by atoms with Crippen LogP contribution in [0, 0.1) is 6.92 Å². The van der Waals surface area contributed by atoms with Gasteiger partial charge in [0.25, 0.3) is 5.91 Å². The summed E-state index contributed by atoms with van der Waals surface area (Å²) in [7, 11) is 0. The van der Waals surface area contributed by atoms with E-state index in [4.69, 9.17) is 16.0 Å². The smallest absolute Gasteiger partial charge is 0.293 e. The Hall–Kier alpha value is -2.25. The summed E-state index contributed by atoms with van der Waals surface area (Å²) in [4.78, 5) is 12.2. The van der Waals surface area contributed by atoms with Crippen molar-refractivity contribution in [2.45, 2.75) is 31.3 Å². The maximum absolute atomic E-state index is 12.2. The number of benzene rings is 1. The van der Waals surface area contributed by atoms with E-state index in [9.17, 15) is 4.79 Å². The molecule has 8 heteroatoms. The first-order valence-corrected chi connectivity index (χ1v) is 9.12. The standard InChI is InChI=1S/C17H17ClN4O2S/c1-3-22-16(19-15(23)14-9-8-11(2)24-14)20-21-17(22)25-10-12-6-4-5-7-13(12)18/h4-9H,3,10H2,1-2H3,(H,19,20,23). The van der Waals surface area contributed by atoms with Gasteiger partial charge in [-0.25, -0.2) is 0 Å². The fourth-order valence-electron chi connectivity index (χ4n) is 2.25. The van der Waals surface area contributed by atoms with Crippen LogP contribution in [0.25, 0.3) is 0 Å². The molecule has 25 heavy (non-hydrogen) atoms. The number of thioether (sulfide) groups is 1. The molecule has 0 aliphatic heterocycles. The molecule has 0 radical (unpaired) electrons. The Bertz CT molecular complexity index is 890. The molecule has 2 heterocycles. The molecule has 3 rings (SSSR count). The fraction of sp³-hybridized carbons (Fsp3) is 0.235. The van der Waals surface area contributed by atoms with Crippen LogP contribution in [0.2, 0.25) is 5.02 Å². The molecule has 2 aromatic heterocycles. The maximum Gasteiger partial charge on any atom is 0.293 e. The van der Waals surface area contributed by atoms with Crippen LogP contribution in [0.5, 0.6) is 0 Å². The van der Waals surface area contributed by atoms with Crippen LogP contribution >= 0.6 is 23.4 Å². The Labute approximate surface area is 154 Å². The number of hydrogen-bond donors (Lipinski definition) is 1. The first-order valence-electron chi connectivity index (χ1n) is 7.75. The Morgan fingerprint density at radius 1 is 1.28 bits per heavy atom. The summed E-state index contributed by atoms with van der Waals surface area (Å²) < 4.78 is 7.17. The number of nitrogens with zero attached hydrogens (tertiary/aromatic N) is 3. The number of anilines is 1. The van der Waals surface area contributed by atoms with Gasteiger partial charge in [0.05, 0.1) is 0 Å². The lowest BCUT2D eigenvalue weighted by Gasteiger charge is -2.08. The Morgan fingerprint density at radius 3 is 2.76 bits per heavy atom. The van der Waals surface area contributed by atoms with Crippen LogP contribution < -0.4 is 5.32 Å². The lowest BCUT2D eigenvalue weighted by Crippen LogP contribution is -2.15. The minimum absolute atomic E-state index is 0.244. The molecule has 6 nitrogen and oxygen atoms in total. The van der Waals surface area contributed by atoms with Gasteiger partial charge in [0.15, 0.2) is 10.9 Å². The summed E-state index contributed by atoms with van der Waals surface area (Å²) in [5.41, 5.74) is 1.02. The highest BCUT2D eigenvalue weighted by Gasteiger charge is 2.17. The second kappa shape index (κ2) is 7.76. The molecule has 0 unspecified atom stereocenters. The predicted molar refractivity (Wildman–Crippen MR) is 98.1 cm³/mol. The maximum atomic E-state index is 12.2. The third kappa shape index (κ3) is 4.05. The average Bonchev–Trinajstić information content (AvgIpc) is 3.20. The lowest BCUT2D eigenvalue weighted by molar-refractivity contribution is 0.0994. The molecule has 0 atom stereocenters. The van der Waals surface area contributed by atoms with E-state index in [0.717, 1.165) is 10.6 Å². The topological polar surface area (TPSA) is 73.0 Å². The Kier molecular flexibility index (Phi) is 5.45. The summed E-state index contributed by atoms with van der Waals surface area (Å²) in [6.07, 6.45) is 0. The zero-order chi connectivity index (χ0) is 17.8. The molecule has 0 aliphatic rings. The highest BCUT2D eigenvalue weighted by Crippen LogP contribution is 2.27. The monoisotopic (exact) mass is 376 g/mol. The number of furan rings is 1. The molecule has 0 fully saturated rings. The molecular formula is C17H17ClN4O2S. The second-order valence-electron chi connectivity index (χ2n) is 5.29. The highest BCUT2D eigenvalue weighted by molar-refractivity contribution is 7.98. The van der Waals surface area contributed by atoms with Gasteiger partial charge in [-0.15, -0.1) is 10.2 Å². The molecule has 0 saturated carbocycles. The van der Waals surface area contributed by atoms with Crippen molar-refractivity contribution in [3.8, 4) is 0 Å². The molecule has 1 aromatic carbocycles. The number of aryl methyl sites for hydroxylation is 1. The van der Waals surface area contributed by atoms with Crippen LogP contribution in [0.4, 0.5) is 5.95 Å². The minimum Gasteiger partial charge on any atom is -0.456 e. The SMILES string of the molecule is CCn1c(NC(=O)c2ccc(C)o2)nnc1SCc1ccccc1Cl. The molecule has 1 N–H and O–H groups in total. The van der Waals surface area contributed by atoms with Crippen molar-refractivity contribution >= 4 is 35.2 Å². The first-order chi connectivity index (χ1) is 12.1. The van der Waals surface area contributed by atoms with E-state index in [-0.39, 0.29) is 11.7 Å². The summed E-state index contributed by atoms with van der Waals surface area (Å²) in [6, 6.07) is 11.1. The van der Waals surface area contributed by atoms with E-state index < -0.39 is 0 Å². The van der Waals surface area contributed by atoms with E-state index in [0.29, 0.717) is 29.2 Å². The molecule has 0 saturated heterocycles. The third-order valence-corrected chi connectivity index (χ3v) is 4.92. The van der Waals surface area contributed by atoms with E-state index in [1.807, 2.05) is 35.8 Å². The largest absolute Gasteiger partial charge is 0.456 e. The summed E-state index contributed by atoms with van der Waals surface area (Å²) in [6.45, 7) is 4.38. The number of halogens is 1. The lowest BCUT2D eigenvalue weighted by atomic mass is 10.2. The number of rotatable bonds is 6. The van der Waals surface area contributed by atoms with Gasteiger partial charge in [-0.3, -0.25) is 14.7 Å². The van der Waals surface area contributed by atoms with Crippen molar-refractivity contribution in [2.75, 3.05) is 5.32 Å². The van der Waals surface area contributed by atoms with E-state index in [1.54, 1.807) is 19.1 Å². The highest BCUT2D eigenvalue weighted by atomic mass is 35.5. The fourth-order valence-corrected chi connectivity index (χ4v) is 3.54. The Balaban J connectivity index is 1.72. The van der Waals surface area contributed by atoms with Gasteiger partial charge < -0.3 is 4.42 Å². The van der Waals surface area contributed by atoms with Crippen molar-refractivity contribution < 1.29 is 9.21 Å². The summed E-state index contributed by atoms with van der Waals surface area (Å²) in [5.74, 6) is 1.64. The molecule has 0 spiro atoms. The van der Waals surface area contributed by atoms with Gasteiger partial charge >= 0.3 is 0 Å². The van der Waals surface area contributed by atoms with Gasteiger partial charge in [-0.05, 0) is 37.6 Å². The van der Waals surface area contributed by atoms with Gasteiger partial charge in [-0.2, -0.15) is 0 Å². The number of aromatic nitrogens is 3. The van der Waals surface area contributed by atoms with Crippen molar-refractivity contribution in [2.24, 2.45) is 0 Å². The van der Waals surface area contributed by atoms with E-state index in [1.165, 1.54) is 11.8 Å². The van der Waals surface area contributed by atoms with Crippen molar-refractivity contribution in [1.29, 1.82) is 0 Å². The van der Waals surface area contributed by atoms with Crippen molar-refractivity contribution in [3.63, 3.8) is 0 Å². The number of amides is 1. The zero-order valence-corrected chi connectivity index (χ0v) is 15.4. The van der Waals surface area contributed by atoms with Crippen LogP contribution in [0.3, 0.4) is 0 Å². The minimum atomic E-state index is -0.349. The number of hydrogen-bond acceptors (Lipinski definition) is 5. The van der Waals surface area contributed by atoms with E-state index in [2.05, 4.69) is 15.5 Å². The normalized spacial score (nSPS) is 10.8. The third-order valence-electron chi connectivity index (χ3n) is 3.54. The number of carbonyl (C=O) groups excluding carboxylic acids is 1. The molecule has 0 bridgehead atoms. The first kappa shape index (κ1) is 17.6. The van der Waals surface area contributed by atoms with E-state index >= 15 is 0 Å². The summed E-state index contributed by atoms with van der Waals surface area (Å²) >= 11 is 7.70. The molecule has 3 aromatic rings. The van der Waals surface area contributed by atoms with Gasteiger partial charge in [0.2, 0.25) is 5.95 Å². The van der Waals surface area contributed by atoms with Gasteiger partial charge in [0, 0.05) is 17.3 Å². The Morgan fingerprint density at radius 2 is 2.08 bits per heavy atom. The molecule has 0 aliphatic carbocycles. The second-order valence-corrected chi connectivity index (χ2v) is 6.64. The predicted octanol–water partition coefficient (Wildman–Crippen LogP) is 4.40. The average molecular weight is 377 g/mol. The van der Waals surface area contributed by atoms with Crippen LogP contribution in [-0.4, -0.2) is 20.7 Å². The summed E-state index contributed by atoms with van der Waals surface area (Å²) in [5, 5.41) is 12.4. The van der Waals surface area contributed by atoms with Gasteiger partial charge in [-0.1, -0.05) is 41.6 Å². The molecule has 1 amide bonds. The number of nitrogens with one attached hydrogen (secondary N) is 1. The van der Waals surface area contributed by atoms with Crippen molar-refractivity contribution in [3.05, 3.63) is 58.5 Å². The van der Waals surface area contributed by atoms with Crippen LogP contribution in [-0.2, 0) is 12.3 Å². The quantitative estimate of drug-likeness (QED) is 0.645. The van der Waals surface area contributed by atoms with Gasteiger partial charge in [0.1, 0.15) is 5.76 Å². The van der Waals surface area contributed by atoms with Crippen LogP contribution in [0.15, 0.2) is 46.0 Å². The van der Waals surface area contributed by atoms with Crippen LogP contribution in [0.1, 0.15) is 28.8 Å². The number of carbonyl (C=O) groups is 1. The zero-order valence-electron chi connectivity index (χ0n) is 13.8. The molecule has 130 valence electrons.